The second-order valence-corrected chi connectivity index (χ2v) is 7.37. The second kappa shape index (κ2) is 9.47. The van der Waals surface area contributed by atoms with Gasteiger partial charge in [-0.1, -0.05) is 36.4 Å². The maximum Gasteiger partial charge on any atom is 0.251 e. The molecule has 0 aliphatic heterocycles. The number of hydrogen-bond acceptors (Lipinski definition) is 4. The fourth-order valence-corrected chi connectivity index (χ4v) is 4.02. The molecule has 6 heteroatoms. The number of benzene rings is 3. The standard InChI is InChI=1S/C26H26N2O4/c1-30-18-9-6-8-17(14-18)26(29)28-16-22(20-11-7-13-24(31-2)25(20)32-3)21-15-27-23-12-5-4-10-19(21)23/h4-15,22,27H,16H2,1-3H3,(H,28,29). The van der Waals surface area contributed by atoms with Crippen LogP contribution < -0.4 is 19.5 Å². The average Bonchev–Trinajstić information content (AvgIpc) is 3.27. The Labute approximate surface area is 187 Å². The van der Waals surface area contributed by atoms with Gasteiger partial charge in [0.1, 0.15) is 5.75 Å². The lowest BCUT2D eigenvalue weighted by atomic mass is 9.89. The quantitative estimate of drug-likeness (QED) is 0.423. The fraction of sp³-hybridized carbons (Fsp3) is 0.192. The number of methoxy groups -OCH3 is 3. The van der Waals surface area contributed by atoms with Crippen molar-refractivity contribution in [1.29, 1.82) is 0 Å². The molecule has 0 saturated carbocycles. The van der Waals surface area contributed by atoms with Crippen LogP contribution in [0.3, 0.4) is 0 Å². The van der Waals surface area contributed by atoms with E-state index in [-0.39, 0.29) is 11.8 Å². The minimum absolute atomic E-state index is 0.161. The molecule has 0 radical (unpaired) electrons. The first kappa shape index (κ1) is 21.3. The molecule has 32 heavy (non-hydrogen) atoms. The number of amides is 1. The summed E-state index contributed by atoms with van der Waals surface area (Å²) in [4.78, 5) is 16.3. The highest BCUT2D eigenvalue weighted by atomic mass is 16.5. The number of fused-ring (bicyclic) bond motifs is 1. The van der Waals surface area contributed by atoms with E-state index in [4.69, 9.17) is 14.2 Å². The Morgan fingerprint density at radius 2 is 1.72 bits per heavy atom. The first-order valence-corrected chi connectivity index (χ1v) is 10.4. The lowest BCUT2D eigenvalue weighted by molar-refractivity contribution is 0.0952. The molecule has 1 aromatic heterocycles. The van der Waals surface area contributed by atoms with E-state index >= 15 is 0 Å². The highest BCUT2D eigenvalue weighted by Gasteiger charge is 2.24. The number of aromatic amines is 1. The molecular formula is C26H26N2O4. The molecule has 6 nitrogen and oxygen atoms in total. The third-order valence-corrected chi connectivity index (χ3v) is 5.60. The summed E-state index contributed by atoms with van der Waals surface area (Å²) in [6, 6.07) is 21.0. The van der Waals surface area contributed by atoms with Crippen LogP contribution in [0.15, 0.2) is 72.9 Å². The SMILES string of the molecule is COc1cccc(C(=O)NCC(c2cccc(OC)c2OC)c2c[nH]c3ccccc23)c1. The van der Waals surface area contributed by atoms with Crippen molar-refractivity contribution < 1.29 is 19.0 Å². The summed E-state index contributed by atoms with van der Waals surface area (Å²) in [5.41, 5.74) is 3.58. The van der Waals surface area contributed by atoms with Gasteiger partial charge in [-0.05, 0) is 35.9 Å². The third-order valence-electron chi connectivity index (χ3n) is 5.60. The van der Waals surface area contributed by atoms with Crippen molar-refractivity contribution >= 4 is 16.8 Å². The van der Waals surface area contributed by atoms with Gasteiger partial charge in [-0.15, -0.1) is 0 Å². The Bertz CT molecular complexity index is 1230. The number of carbonyl (C=O) groups is 1. The van der Waals surface area contributed by atoms with Crippen LogP contribution in [0.1, 0.15) is 27.4 Å². The predicted octanol–water partition coefficient (Wildman–Crippen LogP) is 4.76. The Kier molecular flexibility index (Phi) is 6.31. The maximum atomic E-state index is 12.9. The first-order valence-electron chi connectivity index (χ1n) is 10.4. The van der Waals surface area contributed by atoms with Gasteiger partial charge in [0.15, 0.2) is 11.5 Å². The summed E-state index contributed by atoms with van der Waals surface area (Å²) in [5.74, 6) is 1.61. The maximum absolute atomic E-state index is 12.9. The summed E-state index contributed by atoms with van der Waals surface area (Å²) in [6.45, 7) is 0.376. The average molecular weight is 431 g/mol. The van der Waals surface area contributed by atoms with Gasteiger partial charge in [0.05, 0.1) is 21.3 Å². The molecule has 4 aromatic rings. The van der Waals surface area contributed by atoms with Crippen LogP contribution in [-0.2, 0) is 0 Å². The van der Waals surface area contributed by atoms with Gasteiger partial charge in [-0.2, -0.15) is 0 Å². The van der Waals surface area contributed by atoms with E-state index in [1.54, 1.807) is 39.5 Å². The van der Waals surface area contributed by atoms with E-state index in [9.17, 15) is 4.79 Å². The van der Waals surface area contributed by atoms with E-state index in [0.717, 1.165) is 22.0 Å². The normalized spacial score (nSPS) is 11.7. The van der Waals surface area contributed by atoms with Crippen LogP contribution in [0.25, 0.3) is 10.9 Å². The molecule has 0 aliphatic rings. The summed E-state index contributed by atoms with van der Waals surface area (Å²) >= 11 is 0. The lowest BCUT2D eigenvalue weighted by Crippen LogP contribution is -2.29. The van der Waals surface area contributed by atoms with Crippen LogP contribution in [-0.4, -0.2) is 38.8 Å². The highest BCUT2D eigenvalue weighted by molar-refractivity contribution is 5.94. The third kappa shape index (κ3) is 4.12. The number of hydrogen-bond donors (Lipinski definition) is 2. The minimum Gasteiger partial charge on any atom is -0.497 e. The van der Waals surface area contributed by atoms with Crippen molar-refractivity contribution in [2.24, 2.45) is 0 Å². The Hall–Kier alpha value is -3.93. The number of nitrogens with one attached hydrogen (secondary N) is 2. The number of para-hydroxylation sites is 2. The van der Waals surface area contributed by atoms with Gasteiger partial charge < -0.3 is 24.5 Å². The van der Waals surface area contributed by atoms with Crippen LogP contribution in [0.2, 0.25) is 0 Å². The molecule has 1 atom stereocenters. The van der Waals surface area contributed by atoms with Crippen molar-refractivity contribution in [3.8, 4) is 17.2 Å². The van der Waals surface area contributed by atoms with Gasteiger partial charge in [0.2, 0.25) is 0 Å². The molecule has 2 N–H and O–H groups in total. The van der Waals surface area contributed by atoms with Crippen LogP contribution in [0.5, 0.6) is 17.2 Å². The molecule has 164 valence electrons. The Balaban J connectivity index is 1.73. The van der Waals surface area contributed by atoms with E-state index < -0.39 is 0 Å². The fourth-order valence-electron chi connectivity index (χ4n) is 4.02. The van der Waals surface area contributed by atoms with Gasteiger partial charge in [0, 0.05) is 40.7 Å². The molecule has 0 spiro atoms. The summed E-state index contributed by atoms with van der Waals surface area (Å²) < 4.78 is 16.5. The van der Waals surface area contributed by atoms with Crippen LogP contribution >= 0.6 is 0 Å². The van der Waals surface area contributed by atoms with Crippen molar-refractivity contribution in [2.45, 2.75) is 5.92 Å². The predicted molar refractivity (Wildman–Crippen MR) is 125 cm³/mol. The van der Waals surface area contributed by atoms with Gasteiger partial charge in [-0.3, -0.25) is 4.79 Å². The number of rotatable bonds is 8. The summed E-state index contributed by atoms with van der Waals surface area (Å²) in [7, 11) is 4.83. The van der Waals surface area contributed by atoms with Gasteiger partial charge in [0.25, 0.3) is 5.91 Å². The highest BCUT2D eigenvalue weighted by Crippen LogP contribution is 2.40. The van der Waals surface area contributed by atoms with E-state index in [1.807, 2.05) is 48.7 Å². The molecule has 3 aromatic carbocycles. The number of aromatic nitrogens is 1. The van der Waals surface area contributed by atoms with E-state index in [0.29, 0.717) is 29.4 Å². The zero-order chi connectivity index (χ0) is 22.5. The molecule has 4 rings (SSSR count). The molecule has 1 amide bonds. The topological polar surface area (TPSA) is 72.6 Å². The summed E-state index contributed by atoms with van der Waals surface area (Å²) in [6.07, 6.45) is 1.99. The van der Waals surface area contributed by atoms with Gasteiger partial charge in [-0.25, -0.2) is 0 Å². The number of ether oxygens (including phenoxy) is 3. The van der Waals surface area contributed by atoms with Crippen LogP contribution in [0.4, 0.5) is 0 Å². The zero-order valence-corrected chi connectivity index (χ0v) is 18.3. The minimum atomic E-state index is -0.171. The smallest absolute Gasteiger partial charge is 0.251 e. The second-order valence-electron chi connectivity index (χ2n) is 7.37. The van der Waals surface area contributed by atoms with E-state index in [1.165, 1.54) is 0 Å². The molecule has 0 bridgehead atoms. The zero-order valence-electron chi connectivity index (χ0n) is 18.3. The van der Waals surface area contributed by atoms with E-state index in [2.05, 4.69) is 16.4 Å². The molecule has 1 unspecified atom stereocenters. The largest absolute Gasteiger partial charge is 0.497 e. The van der Waals surface area contributed by atoms with Gasteiger partial charge >= 0.3 is 0 Å². The van der Waals surface area contributed by atoms with Crippen molar-refractivity contribution in [3.63, 3.8) is 0 Å². The first-order chi connectivity index (χ1) is 15.7. The molecule has 1 heterocycles. The van der Waals surface area contributed by atoms with Crippen LogP contribution in [0, 0.1) is 0 Å². The molecule has 0 aliphatic carbocycles. The summed E-state index contributed by atoms with van der Waals surface area (Å²) in [5, 5.41) is 4.18. The Morgan fingerprint density at radius 1 is 0.906 bits per heavy atom. The van der Waals surface area contributed by atoms with Crippen molar-refractivity contribution in [2.75, 3.05) is 27.9 Å². The number of carbonyl (C=O) groups excluding carboxylic acids is 1. The molecule has 0 saturated heterocycles. The monoisotopic (exact) mass is 430 g/mol. The molecular weight excluding hydrogens is 404 g/mol. The lowest BCUT2D eigenvalue weighted by Gasteiger charge is -2.22. The van der Waals surface area contributed by atoms with Crippen molar-refractivity contribution in [3.05, 3.63) is 89.6 Å². The number of H-pyrrole nitrogens is 1. The van der Waals surface area contributed by atoms with Crippen molar-refractivity contribution in [1.82, 2.24) is 10.3 Å². The Morgan fingerprint density at radius 3 is 2.50 bits per heavy atom. The molecule has 0 fully saturated rings.